The van der Waals surface area contributed by atoms with Crippen LogP contribution in [0, 0.1) is 33.5 Å². The van der Waals surface area contributed by atoms with Crippen molar-refractivity contribution in [3.8, 4) is 0 Å². The summed E-state index contributed by atoms with van der Waals surface area (Å²) in [5, 5.41) is 0. The quantitative estimate of drug-likeness (QED) is 0.481. The Morgan fingerprint density at radius 3 is 1.90 bits per heavy atom. The summed E-state index contributed by atoms with van der Waals surface area (Å²) in [6.07, 6.45) is 6.85. The Morgan fingerprint density at radius 2 is 1.57 bits per heavy atom. The molecule has 0 bridgehead atoms. The summed E-state index contributed by atoms with van der Waals surface area (Å²) in [4.78, 5) is 0. The lowest BCUT2D eigenvalue weighted by molar-refractivity contribution is -0.211. The Bertz CT molecular complexity index is 346. The van der Waals surface area contributed by atoms with E-state index in [0.29, 0.717) is 21.7 Å². The first kappa shape index (κ1) is 19.0. The summed E-state index contributed by atoms with van der Waals surface area (Å²) in [7, 11) is 0. The predicted octanol–water partition coefficient (Wildman–Crippen LogP) is 7.33. The van der Waals surface area contributed by atoms with Gasteiger partial charge < -0.3 is 0 Å². The fourth-order valence-corrected chi connectivity index (χ4v) is 5.66. The molecule has 0 heterocycles. The zero-order valence-corrected chi connectivity index (χ0v) is 16.7. The normalized spacial score (nSPS) is 33.1. The summed E-state index contributed by atoms with van der Waals surface area (Å²) >= 11 is 0. The molecule has 0 aromatic carbocycles. The van der Waals surface area contributed by atoms with Gasteiger partial charge in [-0.2, -0.15) is 0 Å². The van der Waals surface area contributed by atoms with Crippen molar-refractivity contribution in [3.05, 3.63) is 0 Å². The van der Waals surface area contributed by atoms with E-state index in [0.717, 1.165) is 11.8 Å². The van der Waals surface area contributed by atoms with Gasteiger partial charge in [-0.15, -0.1) is 0 Å². The van der Waals surface area contributed by atoms with E-state index in [-0.39, 0.29) is 0 Å². The summed E-state index contributed by atoms with van der Waals surface area (Å²) in [6.45, 7) is 24.7. The van der Waals surface area contributed by atoms with E-state index in [1.165, 1.54) is 32.1 Å². The molecule has 0 heteroatoms. The highest BCUT2D eigenvalue weighted by Crippen LogP contribution is 2.72. The maximum absolute atomic E-state index is 2.61. The third-order valence-electron chi connectivity index (χ3n) is 7.80. The Kier molecular flexibility index (Phi) is 5.35. The Hall–Kier alpha value is 0. The van der Waals surface area contributed by atoms with Crippen LogP contribution in [-0.4, -0.2) is 0 Å². The van der Waals surface area contributed by atoms with Crippen LogP contribution in [0.5, 0.6) is 0 Å². The Balaban J connectivity index is 3.03. The highest BCUT2D eigenvalue weighted by atomic mass is 14.7. The topological polar surface area (TPSA) is 0 Å². The van der Waals surface area contributed by atoms with E-state index in [1.54, 1.807) is 0 Å². The first-order chi connectivity index (χ1) is 9.35. The molecule has 1 rings (SSSR count). The molecular formula is C21H42. The van der Waals surface area contributed by atoms with Crippen molar-refractivity contribution in [2.75, 3.05) is 0 Å². The molecule has 0 amide bonds. The Morgan fingerprint density at radius 1 is 1.05 bits per heavy atom. The molecule has 0 radical (unpaired) electrons. The van der Waals surface area contributed by atoms with E-state index < -0.39 is 0 Å². The highest BCUT2D eigenvalue weighted by molar-refractivity contribution is 5.13. The molecular weight excluding hydrogens is 252 g/mol. The molecule has 126 valence electrons. The van der Waals surface area contributed by atoms with Gasteiger partial charge in [0.25, 0.3) is 0 Å². The molecule has 1 saturated carbocycles. The highest BCUT2D eigenvalue weighted by Gasteiger charge is 2.64. The molecule has 0 N–H and O–H groups in total. The summed E-state index contributed by atoms with van der Waals surface area (Å²) in [5.74, 6) is 1.76. The monoisotopic (exact) mass is 294 g/mol. The molecule has 0 nitrogen and oxygen atoms in total. The number of rotatable bonds is 6. The molecule has 0 saturated heterocycles. The molecule has 0 spiro atoms. The summed E-state index contributed by atoms with van der Waals surface area (Å²) in [5.41, 5.74) is 1.83. The lowest BCUT2D eigenvalue weighted by Gasteiger charge is -2.70. The fraction of sp³-hybridized carbons (Fsp3) is 1.00. The fourth-order valence-electron chi connectivity index (χ4n) is 5.66. The number of hydrogen-bond acceptors (Lipinski definition) is 0. The Labute approximate surface area is 135 Å². The molecule has 1 aliphatic carbocycles. The molecule has 0 aromatic rings. The van der Waals surface area contributed by atoms with E-state index in [9.17, 15) is 0 Å². The van der Waals surface area contributed by atoms with E-state index in [1.807, 2.05) is 0 Å². The van der Waals surface area contributed by atoms with Crippen molar-refractivity contribution in [2.45, 2.75) is 101 Å². The lowest BCUT2D eigenvalue weighted by Crippen LogP contribution is -2.62. The van der Waals surface area contributed by atoms with E-state index in [2.05, 4.69) is 69.2 Å². The van der Waals surface area contributed by atoms with Gasteiger partial charge in [0.1, 0.15) is 0 Å². The third kappa shape index (κ3) is 3.06. The van der Waals surface area contributed by atoms with Crippen molar-refractivity contribution < 1.29 is 0 Å². The first-order valence-corrected chi connectivity index (χ1v) is 9.35. The van der Waals surface area contributed by atoms with Gasteiger partial charge in [-0.1, -0.05) is 82.1 Å². The van der Waals surface area contributed by atoms with Gasteiger partial charge in [0.05, 0.1) is 0 Å². The van der Waals surface area contributed by atoms with Gasteiger partial charge in [0, 0.05) is 0 Å². The smallest absolute Gasteiger partial charge is 0.0223 e. The van der Waals surface area contributed by atoms with Gasteiger partial charge >= 0.3 is 0 Å². The minimum atomic E-state index is 0.377. The molecule has 4 atom stereocenters. The molecule has 1 aliphatic rings. The lowest BCUT2D eigenvalue weighted by atomic mass is 9.35. The maximum atomic E-state index is 2.61. The van der Waals surface area contributed by atoms with Gasteiger partial charge in [-0.25, -0.2) is 0 Å². The maximum Gasteiger partial charge on any atom is -0.0223 e. The van der Waals surface area contributed by atoms with Crippen LogP contribution in [0.15, 0.2) is 0 Å². The van der Waals surface area contributed by atoms with Crippen LogP contribution in [0.4, 0.5) is 0 Å². The van der Waals surface area contributed by atoms with Crippen LogP contribution in [0.3, 0.4) is 0 Å². The predicted molar refractivity (Wildman–Crippen MR) is 96.5 cm³/mol. The second-order valence-corrected chi connectivity index (χ2v) is 10.2. The van der Waals surface area contributed by atoms with Gasteiger partial charge in [0.15, 0.2) is 0 Å². The van der Waals surface area contributed by atoms with Crippen LogP contribution in [-0.2, 0) is 0 Å². The molecule has 0 aliphatic heterocycles. The third-order valence-corrected chi connectivity index (χ3v) is 7.80. The van der Waals surface area contributed by atoms with Crippen LogP contribution in [0.2, 0.25) is 0 Å². The van der Waals surface area contributed by atoms with Crippen LogP contribution in [0.25, 0.3) is 0 Å². The van der Waals surface area contributed by atoms with Crippen LogP contribution >= 0.6 is 0 Å². The van der Waals surface area contributed by atoms with E-state index >= 15 is 0 Å². The van der Waals surface area contributed by atoms with Gasteiger partial charge in [-0.3, -0.25) is 0 Å². The molecule has 1 fully saturated rings. The largest absolute Gasteiger partial charge is 0.0651 e. The van der Waals surface area contributed by atoms with Gasteiger partial charge in [0.2, 0.25) is 0 Å². The van der Waals surface area contributed by atoms with Crippen molar-refractivity contribution in [1.82, 2.24) is 0 Å². The molecule has 4 unspecified atom stereocenters. The zero-order valence-electron chi connectivity index (χ0n) is 16.7. The van der Waals surface area contributed by atoms with Crippen molar-refractivity contribution in [1.29, 1.82) is 0 Å². The SMILES string of the molecule is CCC(C)CCC1C(C)(C)CC1(C)C(C)(CC)C(C)(C)C. The minimum Gasteiger partial charge on any atom is -0.0651 e. The van der Waals surface area contributed by atoms with Crippen molar-refractivity contribution >= 4 is 0 Å². The van der Waals surface area contributed by atoms with Crippen LogP contribution < -0.4 is 0 Å². The van der Waals surface area contributed by atoms with Crippen molar-refractivity contribution in [3.63, 3.8) is 0 Å². The van der Waals surface area contributed by atoms with E-state index in [4.69, 9.17) is 0 Å². The summed E-state index contributed by atoms with van der Waals surface area (Å²) < 4.78 is 0. The summed E-state index contributed by atoms with van der Waals surface area (Å²) in [6, 6.07) is 0. The molecule has 0 aromatic heterocycles. The molecule has 21 heavy (non-hydrogen) atoms. The number of hydrogen-bond donors (Lipinski definition) is 0. The van der Waals surface area contributed by atoms with Crippen molar-refractivity contribution in [2.24, 2.45) is 33.5 Å². The second-order valence-electron chi connectivity index (χ2n) is 10.2. The zero-order chi connectivity index (χ0) is 16.7. The average Bonchev–Trinajstić information content (AvgIpc) is 2.34. The first-order valence-electron chi connectivity index (χ1n) is 9.35. The minimum absolute atomic E-state index is 0.377. The standard InChI is InChI=1S/C21H42/c1-11-16(3)13-14-17-19(7,8)15-20(17,9)21(10,12-2)18(4,5)6/h16-17H,11-15H2,1-10H3. The average molecular weight is 295 g/mol. The van der Waals surface area contributed by atoms with Gasteiger partial charge in [-0.05, 0) is 52.8 Å². The van der Waals surface area contributed by atoms with Crippen LogP contribution in [0.1, 0.15) is 101 Å². The second kappa shape index (κ2) is 5.89.